The predicted octanol–water partition coefficient (Wildman–Crippen LogP) is 5.35. The van der Waals surface area contributed by atoms with Gasteiger partial charge in [0.1, 0.15) is 0 Å². The molecule has 1 saturated carbocycles. The van der Waals surface area contributed by atoms with Gasteiger partial charge in [0.2, 0.25) is 0 Å². The fourth-order valence-electron chi connectivity index (χ4n) is 3.00. The second-order valence-electron chi connectivity index (χ2n) is 6.62. The maximum atomic E-state index is 5.96. The summed E-state index contributed by atoms with van der Waals surface area (Å²) in [7, 11) is 0. The minimum Gasteiger partial charge on any atom is -0.307 e. The normalized spacial score (nSPS) is 21.3. The Bertz CT molecular complexity index is 386. The monoisotopic (exact) mass is 279 g/mol. The first-order valence-electron chi connectivity index (χ1n) is 7.52. The third-order valence-corrected chi connectivity index (χ3v) is 4.71. The number of hydrogen-bond acceptors (Lipinski definition) is 1. The van der Waals surface area contributed by atoms with Crippen LogP contribution in [0.5, 0.6) is 0 Å². The van der Waals surface area contributed by atoms with Crippen LogP contribution >= 0.6 is 11.6 Å². The van der Waals surface area contributed by atoms with Crippen molar-refractivity contribution in [2.24, 2.45) is 5.41 Å². The van der Waals surface area contributed by atoms with E-state index in [-0.39, 0.29) is 0 Å². The highest BCUT2D eigenvalue weighted by Gasteiger charge is 2.27. The Kier molecular flexibility index (Phi) is 4.92. The molecule has 0 aliphatic heterocycles. The molecule has 0 saturated heterocycles. The predicted molar refractivity (Wildman–Crippen MR) is 83.7 cm³/mol. The smallest absolute Gasteiger partial charge is 0.0406 e. The van der Waals surface area contributed by atoms with Crippen LogP contribution in [0.4, 0.5) is 0 Å². The lowest BCUT2D eigenvalue weighted by Gasteiger charge is -2.36. The molecule has 106 valence electrons. The number of hydrogen-bond donors (Lipinski definition) is 1. The van der Waals surface area contributed by atoms with Gasteiger partial charge in [-0.1, -0.05) is 44.5 Å². The van der Waals surface area contributed by atoms with Gasteiger partial charge in [0.05, 0.1) is 0 Å². The van der Waals surface area contributed by atoms with Crippen LogP contribution in [-0.4, -0.2) is 6.04 Å². The Morgan fingerprint density at radius 3 is 2.32 bits per heavy atom. The van der Waals surface area contributed by atoms with Crippen molar-refractivity contribution in [3.8, 4) is 0 Å². The van der Waals surface area contributed by atoms with Gasteiger partial charge >= 0.3 is 0 Å². The van der Waals surface area contributed by atoms with Gasteiger partial charge in [0.25, 0.3) is 0 Å². The van der Waals surface area contributed by atoms with E-state index in [9.17, 15) is 0 Å². The van der Waals surface area contributed by atoms with Gasteiger partial charge < -0.3 is 5.32 Å². The van der Waals surface area contributed by atoms with Crippen molar-refractivity contribution in [2.45, 2.75) is 65.0 Å². The van der Waals surface area contributed by atoms with E-state index in [0.29, 0.717) is 17.5 Å². The Hall–Kier alpha value is -0.530. The molecule has 1 aliphatic rings. The van der Waals surface area contributed by atoms with Crippen molar-refractivity contribution in [2.75, 3.05) is 0 Å². The van der Waals surface area contributed by atoms with E-state index in [0.717, 1.165) is 11.4 Å². The summed E-state index contributed by atoms with van der Waals surface area (Å²) < 4.78 is 0. The average Bonchev–Trinajstić information content (AvgIpc) is 2.39. The molecule has 1 nitrogen and oxygen atoms in total. The topological polar surface area (TPSA) is 12.0 Å². The molecule has 0 aromatic heterocycles. The first-order chi connectivity index (χ1) is 9.00. The molecule has 0 heterocycles. The van der Waals surface area contributed by atoms with Crippen molar-refractivity contribution in [3.05, 3.63) is 34.9 Å². The standard InChI is InChI=1S/C17H26ClN/c1-4-16(13-5-7-14(18)8-6-13)19-15-9-11-17(2,3)12-10-15/h5-8,15-16,19H,4,9-12H2,1-3H3. The quantitative estimate of drug-likeness (QED) is 0.783. The van der Waals surface area contributed by atoms with Gasteiger partial charge in [-0.05, 0) is 55.2 Å². The Labute approximate surface area is 122 Å². The van der Waals surface area contributed by atoms with E-state index in [2.05, 4.69) is 38.2 Å². The minimum absolute atomic E-state index is 0.462. The molecule has 1 atom stereocenters. The molecule has 2 rings (SSSR count). The second-order valence-corrected chi connectivity index (χ2v) is 7.05. The van der Waals surface area contributed by atoms with Gasteiger partial charge in [-0.2, -0.15) is 0 Å². The molecule has 1 aromatic rings. The van der Waals surface area contributed by atoms with E-state index in [4.69, 9.17) is 11.6 Å². The van der Waals surface area contributed by atoms with Gasteiger partial charge in [0, 0.05) is 17.1 Å². The molecular formula is C17H26ClN. The van der Waals surface area contributed by atoms with E-state index in [1.54, 1.807) is 0 Å². The summed E-state index contributed by atoms with van der Waals surface area (Å²) in [6.45, 7) is 7.03. The Morgan fingerprint density at radius 2 is 1.79 bits per heavy atom. The van der Waals surface area contributed by atoms with Crippen LogP contribution in [0, 0.1) is 5.41 Å². The molecule has 1 fully saturated rings. The summed E-state index contributed by atoms with van der Waals surface area (Å²) in [4.78, 5) is 0. The Morgan fingerprint density at radius 1 is 1.21 bits per heavy atom. The molecule has 0 bridgehead atoms. The lowest BCUT2D eigenvalue weighted by molar-refractivity contribution is 0.197. The summed E-state index contributed by atoms with van der Waals surface area (Å²) in [5.74, 6) is 0. The van der Waals surface area contributed by atoms with Crippen LogP contribution in [0.15, 0.2) is 24.3 Å². The molecular weight excluding hydrogens is 254 g/mol. The van der Waals surface area contributed by atoms with Crippen LogP contribution in [0.2, 0.25) is 5.02 Å². The summed E-state index contributed by atoms with van der Waals surface area (Å²) in [5.41, 5.74) is 1.90. The number of rotatable bonds is 4. The highest BCUT2D eigenvalue weighted by atomic mass is 35.5. The van der Waals surface area contributed by atoms with Crippen molar-refractivity contribution < 1.29 is 0 Å². The number of benzene rings is 1. The molecule has 1 aliphatic carbocycles. The molecule has 2 heteroatoms. The average molecular weight is 280 g/mol. The molecule has 1 aromatic carbocycles. The van der Waals surface area contributed by atoms with Crippen molar-refractivity contribution in [1.29, 1.82) is 0 Å². The van der Waals surface area contributed by atoms with Crippen LogP contribution in [-0.2, 0) is 0 Å². The van der Waals surface area contributed by atoms with Crippen LogP contribution in [0.25, 0.3) is 0 Å². The highest BCUT2D eigenvalue weighted by molar-refractivity contribution is 6.30. The zero-order valence-electron chi connectivity index (χ0n) is 12.4. The molecule has 0 amide bonds. The first-order valence-corrected chi connectivity index (χ1v) is 7.89. The van der Waals surface area contributed by atoms with E-state index in [1.807, 2.05) is 12.1 Å². The van der Waals surface area contributed by atoms with Gasteiger partial charge in [-0.25, -0.2) is 0 Å². The zero-order chi connectivity index (χ0) is 13.9. The maximum absolute atomic E-state index is 5.96. The van der Waals surface area contributed by atoms with Crippen molar-refractivity contribution in [1.82, 2.24) is 5.32 Å². The summed E-state index contributed by atoms with van der Waals surface area (Å²) in [5, 5.41) is 4.65. The van der Waals surface area contributed by atoms with Gasteiger partial charge in [0.15, 0.2) is 0 Å². The van der Waals surface area contributed by atoms with E-state index >= 15 is 0 Å². The fourth-order valence-corrected chi connectivity index (χ4v) is 3.12. The molecule has 0 radical (unpaired) electrons. The van der Waals surface area contributed by atoms with Crippen molar-refractivity contribution >= 4 is 11.6 Å². The highest BCUT2D eigenvalue weighted by Crippen LogP contribution is 2.36. The minimum atomic E-state index is 0.462. The second kappa shape index (κ2) is 6.28. The maximum Gasteiger partial charge on any atom is 0.0406 e. The lowest BCUT2D eigenvalue weighted by atomic mass is 9.75. The first kappa shape index (κ1) is 14.9. The lowest BCUT2D eigenvalue weighted by Crippen LogP contribution is -2.37. The largest absolute Gasteiger partial charge is 0.307 e. The summed E-state index contributed by atoms with van der Waals surface area (Å²) >= 11 is 5.96. The van der Waals surface area contributed by atoms with Gasteiger partial charge in [-0.3, -0.25) is 0 Å². The molecule has 1 N–H and O–H groups in total. The number of halogens is 1. The third-order valence-electron chi connectivity index (χ3n) is 4.46. The molecule has 19 heavy (non-hydrogen) atoms. The SMILES string of the molecule is CCC(NC1CCC(C)(C)CC1)c1ccc(Cl)cc1. The number of nitrogens with one attached hydrogen (secondary N) is 1. The van der Waals surface area contributed by atoms with Crippen LogP contribution in [0.3, 0.4) is 0 Å². The zero-order valence-corrected chi connectivity index (χ0v) is 13.1. The van der Waals surface area contributed by atoms with E-state index in [1.165, 1.54) is 31.2 Å². The fraction of sp³-hybridized carbons (Fsp3) is 0.647. The van der Waals surface area contributed by atoms with Crippen LogP contribution < -0.4 is 5.32 Å². The Balaban J connectivity index is 1.94. The summed E-state index contributed by atoms with van der Waals surface area (Å²) in [6, 6.07) is 9.42. The van der Waals surface area contributed by atoms with Crippen LogP contribution in [0.1, 0.15) is 64.5 Å². The summed E-state index contributed by atoms with van der Waals surface area (Å²) in [6.07, 6.45) is 6.40. The van der Waals surface area contributed by atoms with Crippen molar-refractivity contribution in [3.63, 3.8) is 0 Å². The third kappa shape index (κ3) is 4.22. The van der Waals surface area contributed by atoms with Gasteiger partial charge in [-0.15, -0.1) is 0 Å². The van der Waals surface area contributed by atoms with E-state index < -0.39 is 0 Å². The molecule has 0 spiro atoms. The molecule has 1 unspecified atom stereocenters.